The van der Waals surface area contributed by atoms with Crippen molar-refractivity contribution in [3.63, 3.8) is 0 Å². The van der Waals surface area contributed by atoms with Crippen molar-refractivity contribution in [2.45, 2.75) is 13.3 Å². The standard InChI is InChI=1S/C26H19NO2/c1-17(22-11-6-12-24-23-10-5-4-9-20(23)16-25(22)24)27-29-26(28)21-14-13-18-7-2-3-8-19(18)15-21/h2-15H,16H2,1H3/b27-17+. The van der Waals surface area contributed by atoms with E-state index in [2.05, 4.69) is 35.5 Å². The lowest BCUT2D eigenvalue weighted by Crippen LogP contribution is -2.05. The van der Waals surface area contributed by atoms with Crippen LogP contribution in [0.25, 0.3) is 21.9 Å². The molecule has 0 aliphatic heterocycles. The number of benzene rings is 4. The van der Waals surface area contributed by atoms with Crippen LogP contribution in [-0.2, 0) is 11.3 Å². The van der Waals surface area contributed by atoms with Crippen LogP contribution in [0.15, 0.2) is 90.1 Å². The zero-order chi connectivity index (χ0) is 19.8. The summed E-state index contributed by atoms with van der Waals surface area (Å²) in [6.45, 7) is 1.88. The fourth-order valence-electron chi connectivity index (χ4n) is 4.02. The van der Waals surface area contributed by atoms with Crippen LogP contribution in [0.5, 0.6) is 0 Å². The summed E-state index contributed by atoms with van der Waals surface area (Å²) < 4.78 is 0. The molecular weight excluding hydrogens is 358 g/mol. The van der Waals surface area contributed by atoms with E-state index in [1.807, 2.05) is 55.5 Å². The molecule has 4 aromatic carbocycles. The summed E-state index contributed by atoms with van der Waals surface area (Å²) in [6.07, 6.45) is 0.868. The second-order valence-corrected chi connectivity index (χ2v) is 7.28. The van der Waals surface area contributed by atoms with Gasteiger partial charge in [0.2, 0.25) is 0 Å². The maximum absolute atomic E-state index is 12.5. The Balaban J connectivity index is 1.41. The number of carbonyl (C=O) groups excluding carboxylic acids is 1. The Kier molecular flexibility index (Phi) is 4.21. The van der Waals surface area contributed by atoms with E-state index in [9.17, 15) is 4.79 Å². The molecule has 0 radical (unpaired) electrons. The molecule has 0 saturated carbocycles. The van der Waals surface area contributed by atoms with Gasteiger partial charge in [-0.2, -0.15) is 0 Å². The van der Waals surface area contributed by atoms with Crippen molar-refractivity contribution < 1.29 is 9.63 Å². The van der Waals surface area contributed by atoms with Crippen molar-refractivity contribution in [2.24, 2.45) is 5.16 Å². The molecule has 4 aromatic rings. The predicted octanol–water partition coefficient (Wildman–Crippen LogP) is 5.99. The molecule has 29 heavy (non-hydrogen) atoms. The molecule has 0 spiro atoms. The van der Waals surface area contributed by atoms with Crippen LogP contribution in [0.2, 0.25) is 0 Å². The molecule has 0 bridgehead atoms. The summed E-state index contributed by atoms with van der Waals surface area (Å²) in [5.41, 5.74) is 7.26. The number of hydrogen-bond acceptors (Lipinski definition) is 3. The maximum atomic E-state index is 12.5. The highest BCUT2D eigenvalue weighted by Crippen LogP contribution is 2.38. The smallest absolute Gasteiger partial charge is 0.313 e. The van der Waals surface area contributed by atoms with E-state index in [1.54, 1.807) is 6.07 Å². The van der Waals surface area contributed by atoms with Crippen molar-refractivity contribution >= 4 is 22.5 Å². The SMILES string of the molecule is C/C(=N\OC(=O)c1ccc2ccccc2c1)c1cccc2c1Cc1ccccc1-2. The lowest BCUT2D eigenvalue weighted by molar-refractivity contribution is 0.0516. The van der Waals surface area contributed by atoms with E-state index in [1.165, 1.54) is 22.3 Å². The van der Waals surface area contributed by atoms with E-state index in [0.717, 1.165) is 22.8 Å². The van der Waals surface area contributed by atoms with Gasteiger partial charge in [-0.25, -0.2) is 4.79 Å². The molecule has 140 valence electrons. The first-order valence-corrected chi connectivity index (χ1v) is 9.66. The Labute approximate surface area is 169 Å². The van der Waals surface area contributed by atoms with Gasteiger partial charge in [-0.15, -0.1) is 0 Å². The predicted molar refractivity (Wildman–Crippen MR) is 116 cm³/mol. The minimum atomic E-state index is -0.453. The number of nitrogens with zero attached hydrogens (tertiary/aromatic N) is 1. The fraction of sp³-hybridized carbons (Fsp3) is 0.0769. The van der Waals surface area contributed by atoms with Gasteiger partial charge in [0.15, 0.2) is 0 Å². The highest BCUT2D eigenvalue weighted by molar-refractivity contribution is 6.03. The second-order valence-electron chi connectivity index (χ2n) is 7.28. The molecule has 5 rings (SSSR count). The summed E-state index contributed by atoms with van der Waals surface area (Å²) in [7, 11) is 0. The summed E-state index contributed by atoms with van der Waals surface area (Å²) in [5.74, 6) is -0.453. The molecular formula is C26H19NO2. The highest BCUT2D eigenvalue weighted by Gasteiger charge is 2.21. The van der Waals surface area contributed by atoms with Crippen molar-refractivity contribution in [1.82, 2.24) is 0 Å². The van der Waals surface area contributed by atoms with Crippen LogP contribution in [0, 0.1) is 0 Å². The molecule has 3 nitrogen and oxygen atoms in total. The number of rotatable bonds is 3. The number of carbonyl (C=O) groups is 1. The second kappa shape index (κ2) is 7.02. The number of hydrogen-bond donors (Lipinski definition) is 0. The van der Waals surface area contributed by atoms with Crippen molar-refractivity contribution in [2.75, 3.05) is 0 Å². The van der Waals surface area contributed by atoms with Gasteiger partial charge in [0.05, 0.1) is 11.3 Å². The van der Waals surface area contributed by atoms with Crippen molar-refractivity contribution in [3.05, 3.63) is 107 Å². The third kappa shape index (κ3) is 3.11. The Hall–Kier alpha value is -3.72. The molecule has 1 aliphatic rings. The van der Waals surface area contributed by atoms with Gasteiger partial charge in [-0.3, -0.25) is 0 Å². The summed E-state index contributed by atoms with van der Waals surface area (Å²) in [4.78, 5) is 17.8. The number of oxime groups is 1. The minimum absolute atomic E-state index is 0.453. The first-order chi connectivity index (χ1) is 14.2. The topological polar surface area (TPSA) is 38.7 Å². The monoisotopic (exact) mass is 377 g/mol. The van der Waals surface area contributed by atoms with E-state index >= 15 is 0 Å². The van der Waals surface area contributed by atoms with Gasteiger partial charge in [-0.1, -0.05) is 78.0 Å². The van der Waals surface area contributed by atoms with Crippen LogP contribution < -0.4 is 0 Å². The van der Waals surface area contributed by atoms with Crippen LogP contribution >= 0.6 is 0 Å². The Morgan fingerprint density at radius 3 is 2.48 bits per heavy atom. The molecule has 3 heteroatoms. The Morgan fingerprint density at radius 1 is 0.828 bits per heavy atom. The summed E-state index contributed by atoms with van der Waals surface area (Å²) >= 11 is 0. The molecule has 0 fully saturated rings. The van der Waals surface area contributed by atoms with Gasteiger partial charge >= 0.3 is 5.97 Å². The van der Waals surface area contributed by atoms with E-state index < -0.39 is 5.97 Å². The minimum Gasteiger partial charge on any atom is -0.313 e. The van der Waals surface area contributed by atoms with E-state index in [4.69, 9.17) is 4.84 Å². The van der Waals surface area contributed by atoms with Crippen LogP contribution in [0.4, 0.5) is 0 Å². The van der Waals surface area contributed by atoms with Gasteiger partial charge < -0.3 is 4.84 Å². The lowest BCUT2D eigenvalue weighted by atomic mass is 9.99. The highest BCUT2D eigenvalue weighted by atomic mass is 16.7. The largest absolute Gasteiger partial charge is 0.365 e. The Bertz CT molecular complexity index is 1290. The third-order valence-corrected chi connectivity index (χ3v) is 5.49. The molecule has 0 atom stereocenters. The average Bonchev–Trinajstić information content (AvgIpc) is 3.15. The molecule has 0 unspecified atom stereocenters. The number of fused-ring (bicyclic) bond motifs is 4. The molecule has 0 heterocycles. The molecule has 0 N–H and O–H groups in total. The maximum Gasteiger partial charge on any atom is 0.365 e. The van der Waals surface area contributed by atoms with Crippen LogP contribution in [0.1, 0.15) is 34.0 Å². The summed E-state index contributed by atoms with van der Waals surface area (Å²) in [5, 5.41) is 6.25. The normalized spacial score (nSPS) is 12.5. The van der Waals surface area contributed by atoms with Crippen LogP contribution in [0.3, 0.4) is 0 Å². The Morgan fingerprint density at radius 2 is 1.59 bits per heavy atom. The molecule has 1 aliphatic carbocycles. The molecule has 0 saturated heterocycles. The van der Waals surface area contributed by atoms with Crippen molar-refractivity contribution in [3.8, 4) is 11.1 Å². The molecule has 0 amide bonds. The quantitative estimate of drug-likeness (QED) is 0.220. The van der Waals surface area contributed by atoms with Crippen molar-refractivity contribution in [1.29, 1.82) is 0 Å². The zero-order valence-corrected chi connectivity index (χ0v) is 16.1. The van der Waals surface area contributed by atoms with E-state index in [-0.39, 0.29) is 0 Å². The van der Waals surface area contributed by atoms with Gasteiger partial charge in [0, 0.05) is 5.56 Å². The van der Waals surface area contributed by atoms with Crippen LogP contribution in [-0.4, -0.2) is 11.7 Å². The van der Waals surface area contributed by atoms with E-state index in [0.29, 0.717) is 11.3 Å². The summed E-state index contributed by atoms with van der Waals surface area (Å²) in [6, 6.07) is 28.1. The first kappa shape index (κ1) is 17.4. The first-order valence-electron chi connectivity index (χ1n) is 9.66. The van der Waals surface area contributed by atoms with Gasteiger partial charge in [0.1, 0.15) is 0 Å². The third-order valence-electron chi connectivity index (χ3n) is 5.49. The van der Waals surface area contributed by atoms with Gasteiger partial charge in [-0.05, 0) is 58.5 Å². The zero-order valence-electron chi connectivity index (χ0n) is 16.1. The molecule has 0 aromatic heterocycles. The fourth-order valence-corrected chi connectivity index (χ4v) is 4.02. The average molecular weight is 377 g/mol. The van der Waals surface area contributed by atoms with Gasteiger partial charge in [0.25, 0.3) is 0 Å². The lowest BCUT2D eigenvalue weighted by Gasteiger charge is -2.08.